The highest BCUT2D eigenvalue weighted by atomic mass is 35.5. The van der Waals surface area contributed by atoms with Crippen molar-refractivity contribution in [2.24, 2.45) is 0 Å². The largest absolute Gasteiger partial charge is 0.397 e. The molecule has 5 nitrogen and oxygen atoms in total. The number of hydrogen-bond acceptors (Lipinski definition) is 5. The normalized spacial score (nSPS) is 20.3. The van der Waals surface area contributed by atoms with Crippen molar-refractivity contribution in [1.29, 1.82) is 0 Å². The summed E-state index contributed by atoms with van der Waals surface area (Å²) in [6.07, 6.45) is 2.84. The van der Waals surface area contributed by atoms with Gasteiger partial charge >= 0.3 is 0 Å². The molecule has 1 aromatic heterocycles. The van der Waals surface area contributed by atoms with Crippen LogP contribution in [-0.2, 0) is 9.53 Å². The van der Waals surface area contributed by atoms with Crippen molar-refractivity contribution < 1.29 is 9.53 Å². The van der Waals surface area contributed by atoms with Crippen molar-refractivity contribution in [3.05, 3.63) is 17.3 Å². The van der Waals surface area contributed by atoms with E-state index in [2.05, 4.69) is 4.98 Å². The number of ether oxygens (including phenoxy) is 1. The van der Waals surface area contributed by atoms with E-state index in [1.165, 1.54) is 6.20 Å². The molecule has 0 saturated carbocycles. The number of pyridine rings is 1. The molecule has 1 saturated heterocycles. The third-order valence-electron chi connectivity index (χ3n) is 2.76. The Morgan fingerprint density at radius 1 is 1.71 bits per heavy atom. The number of halogens is 1. The Labute approximate surface area is 105 Å². The van der Waals surface area contributed by atoms with E-state index in [0.29, 0.717) is 36.9 Å². The lowest BCUT2D eigenvalue weighted by atomic mass is 10.1. The lowest BCUT2D eigenvalue weighted by molar-refractivity contribution is -0.108. The van der Waals surface area contributed by atoms with Gasteiger partial charge in [0.05, 0.1) is 30.0 Å². The molecule has 6 heteroatoms. The van der Waals surface area contributed by atoms with Crippen molar-refractivity contribution in [1.82, 2.24) is 4.98 Å². The van der Waals surface area contributed by atoms with Gasteiger partial charge in [0.25, 0.3) is 0 Å². The summed E-state index contributed by atoms with van der Waals surface area (Å²) in [5.41, 5.74) is 6.24. The van der Waals surface area contributed by atoms with Crippen LogP contribution in [0.1, 0.15) is 6.42 Å². The summed E-state index contributed by atoms with van der Waals surface area (Å²) in [7, 11) is 0. The van der Waals surface area contributed by atoms with E-state index in [1.807, 2.05) is 4.90 Å². The average Bonchev–Trinajstić information content (AvgIpc) is 2.34. The first-order valence-electron chi connectivity index (χ1n) is 5.41. The highest BCUT2D eigenvalue weighted by molar-refractivity contribution is 6.32. The summed E-state index contributed by atoms with van der Waals surface area (Å²) in [5, 5.41) is 0.439. The Kier molecular flexibility index (Phi) is 3.81. The molecule has 0 amide bonds. The number of aldehydes is 1. The quantitative estimate of drug-likeness (QED) is 0.820. The smallest absolute Gasteiger partial charge is 0.131 e. The summed E-state index contributed by atoms with van der Waals surface area (Å²) < 4.78 is 5.35. The molecule has 2 N–H and O–H groups in total. The van der Waals surface area contributed by atoms with Gasteiger partial charge in [-0.05, 0) is 0 Å². The van der Waals surface area contributed by atoms with Crippen LogP contribution in [-0.4, -0.2) is 37.1 Å². The molecule has 0 bridgehead atoms. The van der Waals surface area contributed by atoms with Crippen molar-refractivity contribution in [3.8, 4) is 0 Å². The molecular weight excluding hydrogens is 242 g/mol. The van der Waals surface area contributed by atoms with Crippen LogP contribution in [0, 0.1) is 0 Å². The number of anilines is 2. The van der Waals surface area contributed by atoms with Gasteiger partial charge in [-0.1, -0.05) is 11.6 Å². The van der Waals surface area contributed by atoms with Crippen LogP contribution in [0.15, 0.2) is 12.3 Å². The highest BCUT2D eigenvalue weighted by Gasteiger charge is 2.24. The lowest BCUT2D eigenvalue weighted by Gasteiger charge is -2.35. The van der Waals surface area contributed by atoms with Gasteiger partial charge in [-0.2, -0.15) is 0 Å². The Balaban J connectivity index is 2.22. The molecule has 1 aromatic rings. The van der Waals surface area contributed by atoms with Crippen molar-refractivity contribution >= 4 is 29.4 Å². The molecule has 0 aliphatic carbocycles. The Bertz CT molecular complexity index is 414. The van der Waals surface area contributed by atoms with E-state index in [0.717, 1.165) is 12.1 Å². The second-order valence-electron chi connectivity index (χ2n) is 3.89. The van der Waals surface area contributed by atoms with Gasteiger partial charge in [0.2, 0.25) is 0 Å². The summed E-state index contributed by atoms with van der Waals surface area (Å²) in [6.45, 7) is 1.86. The van der Waals surface area contributed by atoms with Crippen LogP contribution < -0.4 is 10.6 Å². The zero-order valence-electron chi connectivity index (χ0n) is 9.30. The first-order valence-corrected chi connectivity index (χ1v) is 5.79. The van der Waals surface area contributed by atoms with Gasteiger partial charge in [0.1, 0.15) is 12.1 Å². The number of rotatable bonds is 3. The summed E-state index contributed by atoms with van der Waals surface area (Å²) in [4.78, 5) is 16.9. The van der Waals surface area contributed by atoms with Crippen LogP contribution in [0.3, 0.4) is 0 Å². The van der Waals surface area contributed by atoms with Crippen LogP contribution in [0.25, 0.3) is 0 Å². The minimum atomic E-state index is 0.0225. The molecule has 0 unspecified atom stereocenters. The monoisotopic (exact) mass is 255 g/mol. The fourth-order valence-corrected chi connectivity index (χ4v) is 1.97. The van der Waals surface area contributed by atoms with Crippen LogP contribution in [0.5, 0.6) is 0 Å². The van der Waals surface area contributed by atoms with E-state index in [-0.39, 0.29) is 6.04 Å². The second-order valence-corrected chi connectivity index (χ2v) is 4.30. The molecule has 0 aromatic carbocycles. The van der Waals surface area contributed by atoms with Gasteiger partial charge in [-0.25, -0.2) is 4.98 Å². The number of carbonyl (C=O) groups is 1. The summed E-state index contributed by atoms with van der Waals surface area (Å²) in [5.74, 6) is 0.738. The zero-order chi connectivity index (χ0) is 12.3. The van der Waals surface area contributed by atoms with Gasteiger partial charge in [0, 0.05) is 25.2 Å². The number of hydrogen-bond donors (Lipinski definition) is 1. The molecule has 1 fully saturated rings. The van der Waals surface area contributed by atoms with Crippen LogP contribution in [0.2, 0.25) is 5.02 Å². The number of morpholine rings is 1. The zero-order valence-corrected chi connectivity index (χ0v) is 10.1. The van der Waals surface area contributed by atoms with Crippen LogP contribution >= 0.6 is 11.6 Å². The molecule has 2 heterocycles. The summed E-state index contributed by atoms with van der Waals surface area (Å²) >= 11 is 5.83. The molecule has 92 valence electrons. The van der Waals surface area contributed by atoms with E-state index in [1.54, 1.807) is 6.07 Å². The van der Waals surface area contributed by atoms with Crippen LogP contribution in [0.4, 0.5) is 11.5 Å². The second kappa shape index (κ2) is 5.33. The van der Waals surface area contributed by atoms with Gasteiger partial charge < -0.3 is 20.2 Å². The average molecular weight is 256 g/mol. The number of carbonyl (C=O) groups excluding carboxylic acids is 1. The van der Waals surface area contributed by atoms with Gasteiger partial charge in [0.15, 0.2) is 0 Å². The fourth-order valence-electron chi connectivity index (χ4n) is 1.86. The fraction of sp³-hybridized carbons (Fsp3) is 0.455. The summed E-state index contributed by atoms with van der Waals surface area (Å²) in [6, 6.07) is 1.75. The molecule has 1 atom stereocenters. The van der Waals surface area contributed by atoms with E-state index in [9.17, 15) is 4.79 Å². The first kappa shape index (κ1) is 12.1. The molecule has 1 aliphatic heterocycles. The maximum atomic E-state index is 10.6. The predicted octanol–water partition coefficient (Wildman–Crippen LogP) is 1.11. The maximum absolute atomic E-state index is 10.6. The number of nitrogen functional groups attached to an aromatic ring is 1. The minimum Gasteiger partial charge on any atom is -0.397 e. The van der Waals surface area contributed by atoms with E-state index >= 15 is 0 Å². The molecule has 2 rings (SSSR count). The van der Waals surface area contributed by atoms with Crippen molar-refractivity contribution in [2.75, 3.05) is 30.4 Å². The first-order chi connectivity index (χ1) is 8.22. The molecule has 1 aliphatic rings. The number of nitrogens with two attached hydrogens (primary N) is 1. The molecule has 0 spiro atoms. The van der Waals surface area contributed by atoms with Gasteiger partial charge in [-0.15, -0.1) is 0 Å². The predicted molar refractivity (Wildman–Crippen MR) is 66.3 cm³/mol. The number of nitrogens with zero attached hydrogens (tertiary/aromatic N) is 2. The highest BCUT2D eigenvalue weighted by Crippen LogP contribution is 2.25. The third kappa shape index (κ3) is 2.68. The Morgan fingerprint density at radius 2 is 2.53 bits per heavy atom. The SMILES string of the molecule is Nc1cc(N2CCOC[C@@H]2CC=O)ncc1Cl. The lowest BCUT2D eigenvalue weighted by Crippen LogP contribution is -2.46. The molecule has 17 heavy (non-hydrogen) atoms. The topological polar surface area (TPSA) is 68.4 Å². The molecule has 0 radical (unpaired) electrons. The minimum absolute atomic E-state index is 0.0225. The van der Waals surface area contributed by atoms with Gasteiger partial charge in [-0.3, -0.25) is 0 Å². The van der Waals surface area contributed by atoms with Crippen molar-refractivity contribution in [3.63, 3.8) is 0 Å². The Hall–Kier alpha value is -1.33. The maximum Gasteiger partial charge on any atom is 0.131 e. The van der Waals surface area contributed by atoms with E-state index in [4.69, 9.17) is 22.1 Å². The third-order valence-corrected chi connectivity index (χ3v) is 3.08. The van der Waals surface area contributed by atoms with Crippen molar-refractivity contribution in [2.45, 2.75) is 12.5 Å². The molecular formula is C11H14ClN3O2. The Morgan fingerprint density at radius 3 is 3.24 bits per heavy atom. The number of aromatic nitrogens is 1. The van der Waals surface area contributed by atoms with E-state index < -0.39 is 0 Å². The standard InChI is InChI=1S/C11H14ClN3O2/c12-9-6-14-11(5-10(9)13)15-2-4-17-7-8(15)1-3-16/h3,5-6,8H,1-2,4,7H2,(H2,13,14)/t8-/m0/s1.